The topological polar surface area (TPSA) is 106 Å². The summed E-state index contributed by atoms with van der Waals surface area (Å²) in [6, 6.07) is 10.2. The summed E-state index contributed by atoms with van der Waals surface area (Å²) in [5.41, 5.74) is 2.43. The van der Waals surface area contributed by atoms with Crippen LogP contribution >= 0.6 is 0 Å². The third-order valence-corrected chi connectivity index (χ3v) is 3.78. The molecule has 0 amide bonds. The Morgan fingerprint density at radius 3 is 2.80 bits per heavy atom. The van der Waals surface area contributed by atoms with E-state index in [1.54, 1.807) is 47.5 Å². The number of aromatic carboxylic acids is 1. The van der Waals surface area contributed by atoms with Crippen LogP contribution in [-0.4, -0.2) is 30.7 Å². The number of carboxylic acid groups (broad SMARTS) is 1. The third kappa shape index (κ3) is 2.80. The van der Waals surface area contributed by atoms with Crippen LogP contribution in [0.1, 0.15) is 16.1 Å². The van der Waals surface area contributed by atoms with Gasteiger partial charge in [-0.1, -0.05) is 12.1 Å². The van der Waals surface area contributed by atoms with Crippen molar-refractivity contribution in [2.24, 2.45) is 0 Å². The summed E-state index contributed by atoms with van der Waals surface area (Å²) in [6.07, 6.45) is 4.87. The summed E-state index contributed by atoms with van der Waals surface area (Å²) >= 11 is 0. The first kappa shape index (κ1) is 14.9. The van der Waals surface area contributed by atoms with E-state index in [1.807, 2.05) is 12.1 Å². The van der Waals surface area contributed by atoms with Crippen LogP contribution in [0, 0.1) is 0 Å². The first-order valence-electron chi connectivity index (χ1n) is 7.51. The predicted octanol–water partition coefficient (Wildman–Crippen LogP) is 2.69. The number of benzene rings is 1. The van der Waals surface area contributed by atoms with Crippen molar-refractivity contribution in [3.8, 4) is 11.1 Å². The van der Waals surface area contributed by atoms with Crippen molar-refractivity contribution in [2.45, 2.75) is 6.54 Å². The average molecular weight is 335 g/mol. The maximum Gasteiger partial charge on any atom is 0.335 e. The highest BCUT2D eigenvalue weighted by atomic mass is 16.4. The monoisotopic (exact) mass is 335 g/mol. The van der Waals surface area contributed by atoms with Crippen molar-refractivity contribution in [3.05, 3.63) is 66.5 Å². The molecule has 3 aromatic heterocycles. The minimum atomic E-state index is -0.963. The Labute approximate surface area is 141 Å². The van der Waals surface area contributed by atoms with Gasteiger partial charge in [-0.25, -0.2) is 9.78 Å². The molecule has 0 fully saturated rings. The van der Waals surface area contributed by atoms with E-state index in [-0.39, 0.29) is 5.56 Å². The number of hydrogen-bond acceptors (Lipinski definition) is 6. The molecule has 2 N–H and O–H groups in total. The summed E-state index contributed by atoms with van der Waals surface area (Å²) in [5, 5.41) is 20.3. The van der Waals surface area contributed by atoms with Gasteiger partial charge >= 0.3 is 5.97 Å². The van der Waals surface area contributed by atoms with Gasteiger partial charge in [0.2, 0.25) is 5.95 Å². The lowest BCUT2D eigenvalue weighted by atomic mass is 10.1. The smallest absolute Gasteiger partial charge is 0.335 e. The van der Waals surface area contributed by atoms with E-state index in [0.29, 0.717) is 18.1 Å². The number of nitrogens with zero attached hydrogens (tertiary/aromatic N) is 4. The summed E-state index contributed by atoms with van der Waals surface area (Å²) < 4.78 is 7.03. The van der Waals surface area contributed by atoms with Gasteiger partial charge in [0.05, 0.1) is 18.4 Å². The Hall–Kier alpha value is -3.68. The number of carbonyl (C=O) groups is 1. The number of nitrogens with one attached hydrogen (secondary N) is 1. The molecule has 8 nitrogen and oxygen atoms in total. The fourth-order valence-corrected chi connectivity index (χ4v) is 2.53. The van der Waals surface area contributed by atoms with Gasteiger partial charge in [0, 0.05) is 11.8 Å². The number of hydrogen-bond donors (Lipinski definition) is 2. The zero-order valence-corrected chi connectivity index (χ0v) is 13.0. The number of carboxylic acids is 1. The fourth-order valence-electron chi connectivity index (χ4n) is 2.53. The Morgan fingerprint density at radius 2 is 2.08 bits per heavy atom. The highest BCUT2D eigenvalue weighted by Crippen LogP contribution is 2.25. The summed E-state index contributed by atoms with van der Waals surface area (Å²) in [4.78, 5) is 15.4. The highest BCUT2D eigenvalue weighted by molar-refractivity contribution is 5.89. The van der Waals surface area contributed by atoms with Crippen LogP contribution < -0.4 is 5.32 Å². The van der Waals surface area contributed by atoms with Crippen molar-refractivity contribution >= 4 is 17.6 Å². The average Bonchev–Trinajstić information content (AvgIpc) is 3.31. The predicted molar refractivity (Wildman–Crippen MR) is 89.2 cm³/mol. The van der Waals surface area contributed by atoms with E-state index in [1.165, 1.54) is 0 Å². The first-order valence-corrected chi connectivity index (χ1v) is 7.51. The number of fused-ring (bicyclic) bond motifs is 1. The number of furan rings is 1. The zero-order chi connectivity index (χ0) is 17.2. The minimum absolute atomic E-state index is 0.228. The summed E-state index contributed by atoms with van der Waals surface area (Å²) in [6.45, 7) is 0.486. The lowest BCUT2D eigenvalue weighted by Crippen LogP contribution is -2.06. The lowest BCUT2D eigenvalue weighted by molar-refractivity contribution is 0.0697. The Bertz CT molecular complexity index is 1020. The molecule has 4 rings (SSSR count). The molecule has 0 spiro atoms. The molecular weight excluding hydrogens is 322 g/mol. The van der Waals surface area contributed by atoms with Crippen LogP contribution in [0.3, 0.4) is 0 Å². The normalized spacial score (nSPS) is 10.9. The van der Waals surface area contributed by atoms with Gasteiger partial charge in [0.15, 0.2) is 5.65 Å². The number of rotatable bonds is 5. The van der Waals surface area contributed by atoms with E-state index in [2.05, 4.69) is 20.5 Å². The standard InChI is InChI=1S/C17H13N5O3/c23-16(24)12-5-3-11(4-6-12)14-9-19-17(22-10-20-21-15(14)22)18-8-13-2-1-7-25-13/h1-7,9-10H,8H2,(H,18,19)(H,23,24). The maximum absolute atomic E-state index is 11.0. The van der Waals surface area contributed by atoms with Crippen molar-refractivity contribution in [3.63, 3.8) is 0 Å². The molecule has 0 saturated heterocycles. The molecule has 25 heavy (non-hydrogen) atoms. The van der Waals surface area contributed by atoms with Crippen molar-refractivity contribution < 1.29 is 14.3 Å². The molecule has 1 aromatic carbocycles. The number of aromatic nitrogens is 4. The van der Waals surface area contributed by atoms with Crippen LogP contribution in [-0.2, 0) is 6.54 Å². The van der Waals surface area contributed by atoms with Gasteiger partial charge < -0.3 is 14.8 Å². The van der Waals surface area contributed by atoms with Crippen LogP contribution in [0.5, 0.6) is 0 Å². The van der Waals surface area contributed by atoms with E-state index in [0.717, 1.165) is 16.9 Å². The molecular formula is C17H13N5O3. The largest absolute Gasteiger partial charge is 0.478 e. The maximum atomic E-state index is 11.0. The Morgan fingerprint density at radius 1 is 1.24 bits per heavy atom. The zero-order valence-electron chi connectivity index (χ0n) is 13.0. The van der Waals surface area contributed by atoms with Crippen molar-refractivity contribution in [1.82, 2.24) is 19.6 Å². The Balaban J connectivity index is 1.68. The van der Waals surface area contributed by atoms with Gasteiger partial charge in [-0.3, -0.25) is 4.40 Å². The highest BCUT2D eigenvalue weighted by Gasteiger charge is 2.12. The first-order chi connectivity index (χ1) is 12.2. The van der Waals surface area contributed by atoms with E-state index >= 15 is 0 Å². The molecule has 0 aliphatic rings. The van der Waals surface area contributed by atoms with E-state index in [4.69, 9.17) is 9.52 Å². The van der Waals surface area contributed by atoms with Crippen LogP contribution in [0.2, 0.25) is 0 Å². The molecule has 0 saturated carbocycles. The lowest BCUT2D eigenvalue weighted by Gasteiger charge is -2.09. The molecule has 0 radical (unpaired) electrons. The van der Waals surface area contributed by atoms with E-state index in [9.17, 15) is 4.79 Å². The second-order valence-corrected chi connectivity index (χ2v) is 5.34. The van der Waals surface area contributed by atoms with Gasteiger partial charge in [-0.15, -0.1) is 10.2 Å². The van der Waals surface area contributed by atoms with Crippen molar-refractivity contribution in [1.29, 1.82) is 0 Å². The molecule has 3 heterocycles. The number of anilines is 1. The Kier molecular flexibility index (Phi) is 3.62. The molecule has 0 aliphatic heterocycles. The van der Waals surface area contributed by atoms with Crippen molar-refractivity contribution in [2.75, 3.05) is 5.32 Å². The molecule has 0 atom stereocenters. The van der Waals surface area contributed by atoms with Crippen LogP contribution in [0.15, 0.2) is 59.6 Å². The quantitative estimate of drug-likeness (QED) is 0.577. The fraction of sp³-hybridized carbons (Fsp3) is 0.0588. The molecule has 8 heteroatoms. The van der Waals surface area contributed by atoms with Crippen LogP contribution in [0.25, 0.3) is 16.8 Å². The minimum Gasteiger partial charge on any atom is -0.478 e. The SMILES string of the molecule is O=C(O)c1ccc(-c2cnc(NCc3ccco3)n3cnnc23)cc1. The van der Waals surface area contributed by atoms with Gasteiger partial charge in [-0.05, 0) is 29.8 Å². The third-order valence-electron chi connectivity index (χ3n) is 3.78. The molecule has 4 aromatic rings. The molecule has 0 unspecified atom stereocenters. The molecule has 0 bridgehead atoms. The van der Waals surface area contributed by atoms with Gasteiger partial charge in [0.1, 0.15) is 12.1 Å². The summed E-state index contributed by atoms with van der Waals surface area (Å²) in [5.74, 6) is 0.411. The van der Waals surface area contributed by atoms with Gasteiger partial charge in [0.25, 0.3) is 0 Å². The molecule has 124 valence electrons. The van der Waals surface area contributed by atoms with Gasteiger partial charge in [-0.2, -0.15) is 0 Å². The van der Waals surface area contributed by atoms with E-state index < -0.39 is 5.97 Å². The molecule has 0 aliphatic carbocycles. The second kappa shape index (κ2) is 6.08. The van der Waals surface area contributed by atoms with Crippen LogP contribution in [0.4, 0.5) is 5.95 Å². The summed E-state index contributed by atoms with van der Waals surface area (Å²) in [7, 11) is 0. The second-order valence-electron chi connectivity index (χ2n) is 5.34.